The fourth-order valence-corrected chi connectivity index (χ4v) is 2.87. The van der Waals surface area contributed by atoms with Crippen LogP contribution < -0.4 is 16.2 Å². The lowest BCUT2D eigenvalue weighted by Crippen LogP contribution is -2.40. The van der Waals surface area contributed by atoms with Crippen LogP contribution in [0.25, 0.3) is 0 Å². The van der Waals surface area contributed by atoms with E-state index in [0.717, 1.165) is 13.0 Å². The minimum atomic E-state index is 0.380. The first-order valence-corrected chi connectivity index (χ1v) is 6.44. The van der Waals surface area contributed by atoms with Crippen molar-refractivity contribution in [2.24, 2.45) is 0 Å². The van der Waals surface area contributed by atoms with Crippen LogP contribution in [0.15, 0.2) is 12.1 Å². The first-order chi connectivity index (χ1) is 8.11. The molecule has 1 heterocycles. The predicted molar refractivity (Wildman–Crippen MR) is 71.7 cm³/mol. The summed E-state index contributed by atoms with van der Waals surface area (Å²) < 4.78 is 0. The van der Waals surface area contributed by atoms with Crippen LogP contribution in [0.5, 0.6) is 0 Å². The van der Waals surface area contributed by atoms with Gasteiger partial charge in [0.15, 0.2) is 0 Å². The third-order valence-corrected chi connectivity index (χ3v) is 3.44. The monoisotopic (exact) mass is 233 g/mol. The summed E-state index contributed by atoms with van der Waals surface area (Å²) in [5.41, 5.74) is 12.3. The SMILES string of the molecule is CCNC1CC(c2c(C)cc(C)cc2C)NN1. The molecule has 0 saturated carbocycles. The largest absolute Gasteiger partial charge is 0.301 e. The topological polar surface area (TPSA) is 36.1 Å². The van der Waals surface area contributed by atoms with Crippen LogP contribution in [-0.2, 0) is 0 Å². The maximum absolute atomic E-state index is 3.42. The maximum atomic E-state index is 3.42. The molecule has 1 aliphatic rings. The van der Waals surface area contributed by atoms with Crippen LogP contribution in [0.2, 0.25) is 0 Å². The average Bonchev–Trinajstić information content (AvgIpc) is 2.65. The van der Waals surface area contributed by atoms with Gasteiger partial charge in [-0.25, -0.2) is 10.9 Å². The Morgan fingerprint density at radius 2 is 1.82 bits per heavy atom. The highest BCUT2D eigenvalue weighted by Crippen LogP contribution is 2.28. The van der Waals surface area contributed by atoms with E-state index in [9.17, 15) is 0 Å². The number of benzene rings is 1. The smallest absolute Gasteiger partial charge is 0.0722 e. The second kappa shape index (κ2) is 5.17. The van der Waals surface area contributed by atoms with E-state index in [1.54, 1.807) is 0 Å². The Labute approximate surface area is 104 Å². The van der Waals surface area contributed by atoms with E-state index in [0.29, 0.717) is 12.2 Å². The number of nitrogens with one attached hydrogen (secondary N) is 3. The minimum Gasteiger partial charge on any atom is -0.301 e. The molecular weight excluding hydrogens is 210 g/mol. The van der Waals surface area contributed by atoms with E-state index in [-0.39, 0.29) is 0 Å². The molecule has 3 nitrogen and oxygen atoms in total. The molecule has 1 fully saturated rings. The highest BCUT2D eigenvalue weighted by Gasteiger charge is 2.26. The summed E-state index contributed by atoms with van der Waals surface area (Å²) >= 11 is 0. The zero-order valence-electron chi connectivity index (χ0n) is 11.2. The van der Waals surface area contributed by atoms with Crippen LogP contribution >= 0.6 is 0 Å². The van der Waals surface area contributed by atoms with Gasteiger partial charge < -0.3 is 5.32 Å². The molecule has 3 N–H and O–H groups in total. The zero-order valence-corrected chi connectivity index (χ0v) is 11.2. The van der Waals surface area contributed by atoms with E-state index in [1.165, 1.54) is 22.3 Å². The van der Waals surface area contributed by atoms with E-state index < -0.39 is 0 Å². The Morgan fingerprint density at radius 1 is 1.18 bits per heavy atom. The summed E-state index contributed by atoms with van der Waals surface area (Å²) in [5, 5.41) is 3.42. The van der Waals surface area contributed by atoms with Crippen LogP contribution in [0.4, 0.5) is 0 Å². The van der Waals surface area contributed by atoms with Crippen molar-refractivity contribution >= 4 is 0 Å². The van der Waals surface area contributed by atoms with Gasteiger partial charge in [0.1, 0.15) is 0 Å². The molecule has 3 heteroatoms. The standard InChI is InChI=1S/C14H23N3/c1-5-15-13-8-12(16-17-13)14-10(3)6-9(2)7-11(14)4/h6-7,12-13,15-17H,5,8H2,1-4H3. The molecule has 0 spiro atoms. The van der Waals surface area contributed by atoms with Crippen LogP contribution in [0, 0.1) is 20.8 Å². The summed E-state index contributed by atoms with van der Waals surface area (Å²) in [7, 11) is 0. The van der Waals surface area contributed by atoms with Crippen molar-refractivity contribution < 1.29 is 0 Å². The molecule has 2 unspecified atom stereocenters. The Bertz CT molecular complexity index is 377. The third-order valence-electron chi connectivity index (χ3n) is 3.44. The molecule has 2 atom stereocenters. The molecule has 17 heavy (non-hydrogen) atoms. The van der Waals surface area contributed by atoms with Crippen molar-refractivity contribution in [1.82, 2.24) is 16.2 Å². The third kappa shape index (κ3) is 2.68. The van der Waals surface area contributed by atoms with Crippen LogP contribution in [0.1, 0.15) is 41.6 Å². The lowest BCUT2D eigenvalue weighted by Gasteiger charge is -2.17. The molecule has 1 aliphatic heterocycles. The summed E-state index contributed by atoms with van der Waals surface area (Å²) in [5.74, 6) is 0. The van der Waals surface area contributed by atoms with Crippen LogP contribution in [0.3, 0.4) is 0 Å². The first-order valence-electron chi connectivity index (χ1n) is 6.44. The molecular formula is C14H23N3. The number of rotatable bonds is 3. The molecule has 1 aromatic carbocycles. The number of hydrogen-bond donors (Lipinski definition) is 3. The predicted octanol–water partition coefficient (Wildman–Crippen LogP) is 2.09. The Hall–Kier alpha value is -0.900. The van der Waals surface area contributed by atoms with Gasteiger partial charge in [-0.1, -0.05) is 24.6 Å². The minimum absolute atomic E-state index is 0.380. The summed E-state index contributed by atoms with van der Waals surface area (Å²) in [6.45, 7) is 9.70. The van der Waals surface area contributed by atoms with E-state index in [2.05, 4.69) is 56.0 Å². The van der Waals surface area contributed by atoms with Crippen molar-refractivity contribution in [3.8, 4) is 0 Å². The molecule has 0 aliphatic carbocycles. The Balaban J connectivity index is 2.19. The molecule has 0 radical (unpaired) electrons. The molecule has 0 amide bonds. The molecule has 94 valence electrons. The number of hydrogen-bond acceptors (Lipinski definition) is 3. The van der Waals surface area contributed by atoms with Crippen molar-refractivity contribution in [3.05, 3.63) is 34.4 Å². The number of aryl methyl sites for hydroxylation is 3. The van der Waals surface area contributed by atoms with Gasteiger partial charge in [-0.15, -0.1) is 0 Å². The van der Waals surface area contributed by atoms with Crippen molar-refractivity contribution in [2.75, 3.05) is 6.54 Å². The van der Waals surface area contributed by atoms with Gasteiger partial charge in [0, 0.05) is 6.04 Å². The van der Waals surface area contributed by atoms with E-state index in [1.807, 2.05) is 0 Å². The first kappa shape index (κ1) is 12.6. The second-order valence-corrected chi connectivity index (χ2v) is 5.00. The molecule has 0 bridgehead atoms. The lowest BCUT2D eigenvalue weighted by atomic mass is 9.93. The van der Waals surface area contributed by atoms with Crippen molar-refractivity contribution in [3.63, 3.8) is 0 Å². The van der Waals surface area contributed by atoms with Crippen LogP contribution in [-0.4, -0.2) is 12.7 Å². The van der Waals surface area contributed by atoms with Gasteiger partial charge in [-0.3, -0.25) is 0 Å². The molecule has 1 saturated heterocycles. The summed E-state index contributed by atoms with van der Waals surface area (Å²) in [6, 6.07) is 4.95. The quantitative estimate of drug-likeness (QED) is 0.748. The van der Waals surface area contributed by atoms with Gasteiger partial charge >= 0.3 is 0 Å². The molecule has 1 aromatic rings. The lowest BCUT2D eigenvalue weighted by molar-refractivity contribution is 0.470. The fourth-order valence-electron chi connectivity index (χ4n) is 2.87. The Morgan fingerprint density at radius 3 is 2.41 bits per heavy atom. The summed E-state index contributed by atoms with van der Waals surface area (Å²) in [4.78, 5) is 0. The van der Waals surface area contributed by atoms with Gasteiger partial charge in [0.25, 0.3) is 0 Å². The van der Waals surface area contributed by atoms with E-state index in [4.69, 9.17) is 0 Å². The molecule has 2 rings (SSSR count). The van der Waals surface area contributed by atoms with Gasteiger partial charge in [-0.05, 0) is 50.4 Å². The normalized spacial score (nSPS) is 24.2. The molecule has 0 aromatic heterocycles. The van der Waals surface area contributed by atoms with Gasteiger partial charge in [-0.2, -0.15) is 0 Å². The number of hydrazine groups is 1. The fraction of sp³-hybridized carbons (Fsp3) is 0.571. The second-order valence-electron chi connectivity index (χ2n) is 5.00. The average molecular weight is 233 g/mol. The Kier molecular flexibility index (Phi) is 3.82. The van der Waals surface area contributed by atoms with Crippen molar-refractivity contribution in [2.45, 2.75) is 46.3 Å². The highest BCUT2D eigenvalue weighted by atomic mass is 15.5. The highest BCUT2D eigenvalue weighted by molar-refractivity contribution is 5.40. The van der Waals surface area contributed by atoms with Gasteiger partial charge in [0.05, 0.1) is 6.17 Å². The maximum Gasteiger partial charge on any atom is 0.0722 e. The summed E-state index contributed by atoms with van der Waals surface area (Å²) in [6.07, 6.45) is 1.48. The van der Waals surface area contributed by atoms with E-state index >= 15 is 0 Å². The van der Waals surface area contributed by atoms with Crippen molar-refractivity contribution in [1.29, 1.82) is 0 Å². The van der Waals surface area contributed by atoms with Gasteiger partial charge in [0.2, 0.25) is 0 Å². The zero-order chi connectivity index (χ0) is 12.4.